The first kappa shape index (κ1) is 20.5. The van der Waals surface area contributed by atoms with E-state index in [0.717, 1.165) is 11.3 Å². The average Bonchev–Trinajstić information content (AvgIpc) is 2.64. The lowest BCUT2D eigenvalue weighted by molar-refractivity contribution is -0.253. The van der Waals surface area contributed by atoms with Crippen LogP contribution >= 0.6 is 0 Å². The lowest BCUT2D eigenvalue weighted by Crippen LogP contribution is -2.01. The number of phenols is 1. The first-order valence-electron chi connectivity index (χ1n) is 7.43. The van der Waals surface area contributed by atoms with Crippen molar-refractivity contribution in [3.63, 3.8) is 0 Å². The summed E-state index contributed by atoms with van der Waals surface area (Å²) in [4.78, 5) is 15.4. The van der Waals surface area contributed by atoms with Gasteiger partial charge in [0.25, 0.3) is 0 Å². The number of aliphatic imine (C=N–C) groups is 2. The lowest BCUT2D eigenvalue weighted by Gasteiger charge is -2.08. The average molecular weight is 346 g/mol. The minimum absolute atomic E-state index is 0.0603. The molecule has 0 saturated carbocycles. The number of benzene rings is 2. The van der Waals surface area contributed by atoms with Gasteiger partial charge in [0.1, 0.15) is 12.4 Å². The Morgan fingerprint density at radius 3 is 2.08 bits per heavy atom. The number of phenolic OH excluding ortho intramolecular Hbond substituents is 1. The number of aromatic hydroxyl groups is 1. The van der Waals surface area contributed by atoms with Crippen LogP contribution in [0.4, 0.5) is 11.4 Å². The third-order valence-corrected chi connectivity index (χ3v) is 3.43. The summed E-state index contributed by atoms with van der Waals surface area (Å²) < 4.78 is 0. The van der Waals surface area contributed by atoms with Crippen LogP contribution in [0.15, 0.2) is 52.4 Å². The molecule has 0 aromatic heterocycles. The van der Waals surface area contributed by atoms with E-state index in [0.29, 0.717) is 17.9 Å². The molecule has 2 rings (SSSR count). The Hall–Kier alpha value is -2.58. The molecule has 0 heterocycles. The number of rotatable bonds is 7. The number of nitrogens with zero attached hydrogens (tertiary/aromatic N) is 2. The van der Waals surface area contributed by atoms with E-state index in [1.165, 1.54) is 6.07 Å². The fourth-order valence-electron chi connectivity index (χ4n) is 1.97. The second-order valence-electron chi connectivity index (χ2n) is 5.19. The lowest BCUT2D eigenvalue weighted by atomic mass is 10.0. The zero-order chi connectivity index (χ0) is 18.7. The molecule has 2 aromatic rings. The molecule has 3 N–H and O–H groups in total. The van der Waals surface area contributed by atoms with Gasteiger partial charge in [-0.25, -0.2) is 9.78 Å². The van der Waals surface area contributed by atoms with Gasteiger partial charge in [0.05, 0.1) is 18.0 Å². The highest BCUT2D eigenvalue weighted by atomic mass is 17.1. The van der Waals surface area contributed by atoms with Crippen molar-refractivity contribution in [1.82, 2.24) is 0 Å². The number of hydrogen-bond acceptors (Lipinski definition) is 7. The van der Waals surface area contributed by atoms with E-state index in [9.17, 15) is 5.11 Å². The van der Waals surface area contributed by atoms with E-state index in [-0.39, 0.29) is 18.3 Å². The van der Waals surface area contributed by atoms with Crippen LogP contribution in [0.25, 0.3) is 0 Å². The van der Waals surface area contributed by atoms with Gasteiger partial charge >= 0.3 is 0 Å². The van der Waals surface area contributed by atoms with Crippen LogP contribution in [0.2, 0.25) is 0 Å². The molecule has 7 heteroatoms. The summed E-state index contributed by atoms with van der Waals surface area (Å²) in [5, 5.41) is 25.6. The Labute approximate surface area is 146 Å². The largest absolute Gasteiger partial charge is 0.508 e. The molecule has 0 fully saturated rings. The molecule has 0 saturated heterocycles. The van der Waals surface area contributed by atoms with Gasteiger partial charge in [0.15, 0.2) is 0 Å². The second-order valence-corrected chi connectivity index (χ2v) is 5.19. The first-order chi connectivity index (χ1) is 12.0. The van der Waals surface area contributed by atoms with Crippen LogP contribution in [0.5, 0.6) is 5.75 Å². The van der Waals surface area contributed by atoms with Crippen molar-refractivity contribution in [2.24, 2.45) is 9.98 Å². The van der Waals surface area contributed by atoms with Gasteiger partial charge in [-0.2, -0.15) is 0 Å². The van der Waals surface area contributed by atoms with Crippen molar-refractivity contribution in [3.8, 4) is 5.75 Å². The smallest absolute Gasteiger partial charge is 0.121 e. The highest BCUT2D eigenvalue weighted by molar-refractivity contribution is 5.50. The van der Waals surface area contributed by atoms with Crippen LogP contribution in [-0.2, 0) is 16.4 Å². The van der Waals surface area contributed by atoms with E-state index < -0.39 is 0 Å². The molecule has 1 unspecified atom stereocenters. The predicted octanol–water partition coefficient (Wildman–Crippen LogP) is 4.33. The Bertz CT molecular complexity index is 674. The van der Waals surface area contributed by atoms with Crippen LogP contribution < -0.4 is 0 Å². The molecule has 134 valence electrons. The van der Waals surface area contributed by atoms with Crippen LogP contribution in [0.3, 0.4) is 0 Å². The molecule has 25 heavy (non-hydrogen) atoms. The summed E-state index contributed by atoms with van der Waals surface area (Å²) in [6.45, 7) is 8.98. The molecule has 2 aromatic carbocycles. The first-order valence-corrected chi connectivity index (χ1v) is 7.43. The molecule has 0 aliphatic heterocycles. The zero-order valence-corrected chi connectivity index (χ0v) is 14.0. The van der Waals surface area contributed by atoms with E-state index in [1.807, 2.05) is 31.2 Å². The normalized spacial score (nSPS) is 11.2. The maximum absolute atomic E-state index is 9.21. The molecule has 0 radical (unpaired) electrons. The highest BCUT2D eigenvalue weighted by Gasteiger charge is 2.04. The van der Waals surface area contributed by atoms with Crippen molar-refractivity contribution in [2.45, 2.75) is 19.4 Å². The van der Waals surface area contributed by atoms with Crippen molar-refractivity contribution in [2.75, 3.05) is 6.61 Å². The SMILES string of the molecule is C=Nc1ccc(C(C)COO)cc1.C=Nc1ccc(O)c(COO)c1. The van der Waals surface area contributed by atoms with Crippen LogP contribution in [0, 0.1) is 0 Å². The minimum atomic E-state index is -0.0603. The Kier molecular flexibility index (Phi) is 9.05. The van der Waals surface area contributed by atoms with E-state index >= 15 is 0 Å². The van der Waals surface area contributed by atoms with Crippen molar-refractivity contribution >= 4 is 24.8 Å². The summed E-state index contributed by atoms with van der Waals surface area (Å²) >= 11 is 0. The highest BCUT2D eigenvalue weighted by Crippen LogP contribution is 2.23. The van der Waals surface area contributed by atoms with Gasteiger partial charge in [-0.15, -0.1) is 0 Å². The van der Waals surface area contributed by atoms with Gasteiger partial charge in [-0.3, -0.25) is 20.5 Å². The zero-order valence-electron chi connectivity index (χ0n) is 14.0. The standard InChI is InChI=1S/C10H13NO2.C8H9NO3/c1-8(7-13-12)9-3-5-10(11-2)6-4-9;1-9-7-2-3-8(10)6(4-7)5-12-11/h3-6,8,12H,2,7H2,1H3;2-4,10-11H,1,5H2. The summed E-state index contributed by atoms with van der Waals surface area (Å²) in [7, 11) is 0. The van der Waals surface area contributed by atoms with Gasteiger partial charge < -0.3 is 5.11 Å². The molecular weight excluding hydrogens is 324 g/mol. The molecule has 0 aliphatic carbocycles. The summed E-state index contributed by atoms with van der Waals surface area (Å²) in [6, 6.07) is 12.3. The molecular formula is C18H22N2O5. The van der Waals surface area contributed by atoms with E-state index in [2.05, 4.69) is 33.2 Å². The molecule has 0 bridgehead atoms. The van der Waals surface area contributed by atoms with Gasteiger partial charge in [0, 0.05) is 11.5 Å². The van der Waals surface area contributed by atoms with Crippen LogP contribution in [0.1, 0.15) is 24.0 Å². The Balaban J connectivity index is 0.000000251. The summed E-state index contributed by atoms with van der Waals surface area (Å²) in [5.41, 5.74) is 3.06. The maximum atomic E-state index is 9.21. The van der Waals surface area contributed by atoms with Crippen molar-refractivity contribution < 1.29 is 25.4 Å². The Morgan fingerprint density at radius 2 is 1.56 bits per heavy atom. The fourth-order valence-corrected chi connectivity index (χ4v) is 1.97. The summed E-state index contributed by atoms with van der Waals surface area (Å²) in [6.07, 6.45) is 0. The van der Waals surface area contributed by atoms with Gasteiger partial charge in [-0.05, 0) is 49.3 Å². The molecule has 7 nitrogen and oxygen atoms in total. The van der Waals surface area contributed by atoms with Crippen molar-refractivity contribution in [3.05, 3.63) is 53.6 Å². The van der Waals surface area contributed by atoms with Gasteiger partial charge in [-0.1, -0.05) is 19.1 Å². The summed E-state index contributed by atoms with van der Waals surface area (Å²) in [5.74, 6) is 0.250. The fraction of sp³-hybridized carbons (Fsp3) is 0.222. The third kappa shape index (κ3) is 6.82. The van der Waals surface area contributed by atoms with E-state index in [1.54, 1.807) is 12.1 Å². The van der Waals surface area contributed by atoms with E-state index in [4.69, 9.17) is 10.5 Å². The Morgan fingerprint density at radius 1 is 0.960 bits per heavy atom. The monoisotopic (exact) mass is 346 g/mol. The second kappa shape index (κ2) is 11.1. The maximum Gasteiger partial charge on any atom is 0.121 e. The number of hydrogen-bond donors (Lipinski definition) is 3. The third-order valence-electron chi connectivity index (χ3n) is 3.43. The predicted molar refractivity (Wildman–Crippen MR) is 97.4 cm³/mol. The van der Waals surface area contributed by atoms with Crippen LogP contribution in [-0.4, -0.2) is 35.7 Å². The molecule has 0 spiro atoms. The quantitative estimate of drug-likeness (QED) is 0.393. The van der Waals surface area contributed by atoms with Gasteiger partial charge in [0.2, 0.25) is 0 Å². The van der Waals surface area contributed by atoms with Crippen molar-refractivity contribution in [1.29, 1.82) is 0 Å². The topological polar surface area (TPSA) is 104 Å². The molecule has 0 amide bonds. The minimum Gasteiger partial charge on any atom is -0.508 e. The molecule has 1 atom stereocenters. The molecule has 0 aliphatic rings.